The van der Waals surface area contributed by atoms with Crippen molar-refractivity contribution >= 4 is 17.3 Å². The molecule has 94 valence electrons. The largest absolute Gasteiger partial charge is 0.494 e. The van der Waals surface area contributed by atoms with Gasteiger partial charge in [0.15, 0.2) is 0 Å². The highest BCUT2D eigenvalue weighted by Gasteiger charge is 2.02. The van der Waals surface area contributed by atoms with Gasteiger partial charge in [0, 0.05) is 17.4 Å². The fourth-order valence-electron chi connectivity index (χ4n) is 1.51. The molecular weight excluding hydrogens is 250 g/mol. The van der Waals surface area contributed by atoms with Crippen LogP contribution in [0.25, 0.3) is 11.3 Å². The van der Waals surface area contributed by atoms with Crippen LogP contribution >= 0.6 is 11.3 Å². The van der Waals surface area contributed by atoms with E-state index >= 15 is 0 Å². The van der Waals surface area contributed by atoms with Gasteiger partial charge in [-0.2, -0.15) is 0 Å². The Balaban J connectivity index is 1.94. The van der Waals surface area contributed by atoms with Gasteiger partial charge in [-0.15, -0.1) is 11.3 Å². The van der Waals surface area contributed by atoms with Crippen LogP contribution in [-0.4, -0.2) is 22.7 Å². The molecule has 0 radical (unpaired) electrons. The number of hydrogen-bond acceptors (Lipinski definition) is 4. The van der Waals surface area contributed by atoms with Crippen LogP contribution in [0, 0.1) is 0 Å². The van der Waals surface area contributed by atoms with Gasteiger partial charge in [0.1, 0.15) is 5.75 Å². The summed E-state index contributed by atoms with van der Waals surface area (Å²) in [5.41, 5.74) is 3.72. The van der Waals surface area contributed by atoms with Gasteiger partial charge in [-0.1, -0.05) is 12.1 Å². The molecule has 0 saturated carbocycles. The van der Waals surface area contributed by atoms with E-state index in [0.29, 0.717) is 13.0 Å². The van der Waals surface area contributed by atoms with E-state index in [-0.39, 0.29) is 6.42 Å². The predicted molar refractivity (Wildman–Crippen MR) is 69.9 cm³/mol. The third-order valence-electron chi connectivity index (χ3n) is 2.37. The number of rotatable bonds is 6. The van der Waals surface area contributed by atoms with Crippen molar-refractivity contribution < 1.29 is 14.6 Å². The molecule has 0 unspecified atom stereocenters. The molecule has 2 rings (SSSR count). The minimum absolute atomic E-state index is 0.131. The van der Waals surface area contributed by atoms with Gasteiger partial charge in [-0.3, -0.25) is 4.79 Å². The van der Waals surface area contributed by atoms with E-state index in [4.69, 9.17) is 9.84 Å². The molecule has 0 fully saturated rings. The van der Waals surface area contributed by atoms with Crippen LogP contribution in [0.2, 0.25) is 0 Å². The Morgan fingerprint density at radius 3 is 3.06 bits per heavy atom. The topological polar surface area (TPSA) is 59.4 Å². The number of carbonyl (C=O) groups is 1. The molecule has 0 bridgehead atoms. The SMILES string of the molecule is O=C(O)CCCOc1cccc(-c2cscn2)c1. The molecule has 1 aromatic heterocycles. The van der Waals surface area contributed by atoms with Gasteiger partial charge in [-0.05, 0) is 18.6 Å². The summed E-state index contributed by atoms with van der Waals surface area (Å²) < 4.78 is 5.51. The molecular formula is C13H13NO3S. The number of benzene rings is 1. The van der Waals surface area contributed by atoms with Crippen LogP contribution < -0.4 is 4.74 Å². The second-order valence-corrected chi connectivity index (χ2v) is 4.47. The van der Waals surface area contributed by atoms with E-state index in [9.17, 15) is 4.79 Å². The van der Waals surface area contributed by atoms with Crippen molar-refractivity contribution in [3.05, 3.63) is 35.2 Å². The number of hydrogen-bond donors (Lipinski definition) is 1. The van der Waals surface area contributed by atoms with E-state index in [2.05, 4.69) is 4.98 Å². The first kappa shape index (κ1) is 12.6. The molecule has 0 aliphatic heterocycles. The zero-order valence-electron chi connectivity index (χ0n) is 9.70. The maximum absolute atomic E-state index is 10.4. The predicted octanol–water partition coefficient (Wildman–Crippen LogP) is 3.05. The standard InChI is InChI=1S/C13H13NO3S/c15-13(16)5-2-6-17-11-4-1-3-10(7-11)12-8-18-9-14-12/h1,3-4,7-9H,2,5-6H2,(H,15,16). The quantitative estimate of drug-likeness (QED) is 0.814. The van der Waals surface area contributed by atoms with Crippen molar-refractivity contribution in [3.8, 4) is 17.0 Å². The number of ether oxygens (including phenoxy) is 1. The lowest BCUT2D eigenvalue weighted by Crippen LogP contribution is -2.02. The summed E-state index contributed by atoms with van der Waals surface area (Å²) >= 11 is 1.55. The van der Waals surface area contributed by atoms with E-state index < -0.39 is 5.97 Å². The average Bonchev–Trinajstić information content (AvgIpc) is 2.89. The zero-order valence-corrected chi connectivity index (χ0v) is 10.5. The molecule has 0 spiro atoms. The van der Waals surface area contributed by atoms with Crippen molar-refractivity contribution in [1.29, 1.82) is 0 Å². The maximum Gasteiger partial charge on any atom is 0.303 e. The summed E-state index contributed by atoms with van der Waals surface area (Å²) in [6, 6.07) is 7.65. The van der Waals surface area contributed by atoms with Crippen molar-refractivity contribution in [2.24, 2.45) is 0 Å². The highest BCUT2D eigenvalue weighted by molar-refractivity contribution is 7.07. The molecule has 0 amide bonds. The van der Waals surface area contributed by atoms with Crippen LogP contribution in [0.1, 0.15) is 12.8 Å². The number of carboxylic acid groups (broad SMARTS) is 1. The zero-order chi connectivity index (χ0) is 12.8. The fourth-order valence-corrected chi connectivity index (χ4v) is 2.07. The molecule has 2 aromatic rings. The number of thiazole rings is 1. The lowest BCUT2D eigenvalue weighted by Gasteiger charge is -2.06. The molecule has 0 atom stereocenters. The van der Waals surface area contributed by atoms with Crippen molar-refractivity contribution in [2.75, 3.05) is 6.61 Å². The summed E-state index contributed by atoms with van der Waals surface area (Å²) in [4.78, 5) is 14.6. The lowest BCUT2D eigenvalue weighted by atomic mass is 10.2. The summed E-state index contributed by atoms with van der Waals surface area (Å²) in [6.07, 6.45) is 0.641. The van der Waals surface area contributed by atoms with Crippen LogP contribution in [-0.2, 0) is 4.79 Å². The fraction of sp³-hybridized carbons (Fsp3) is 0.231. The molecule has 4 nitrogen and oxygen atoms in total. The molecule has 1 aromatic carbocycles. The van der Waals surface area contributed by atoms with E-state index in [1.54, 1.807) is 16.8 Å². The summed E-state index contributed by atoms with van der Waals surface area (Å²) in [6.45, 7) is 0.410. The van der Waals surface area contributed by atoms with Crippen LogP contribution in [0.3, 0.4) is 0 Å². The van der Waals surface area contributed by atoms with Gasteiger partial charge in [0.25, 0.3) is 0 Å². The highest BCUT2D eigenvalue weighted by atomic mass is 32.1. The monoisotopic (exact) mass is 263 g/mol. The van der Waals surface area contributed by atoms with Crippen LogP contribution in [0.4, 0.5) is 0 Å². The third-order valence-corrected chi connectivity index (χ3v) is 2.95. The molecule has 0 aliphatic carbocycles. The Morgan fingerprint density at radius 2 is 2.33 bits per heavy atom. The van der Waals surface area contributed by atoms with Crippen molar-refractivity contribution in [2.45, 2.75) is 12.8 Å². The van der Waals surface area contributed by atoms with Crippen molar-refractivity contribution in [3.63, 3.8) is 0 Å². The number of carboxylic acids is 1. The molecule has 5 heteroatoms. The van der Waals surface area contributed by atoms with Gasteiger partial charge in [0.05, 0.1) is 17.8 Å². The van der Waals surface area contributed by atoms with Crippen molar-refractivity contribution in [1.82, 2.24) is 4.98 Å². The van der Waals surface area contributed by atoms with Gasteiger partial charge < -0.3 is 9.84 Å². The second kappa shape index (κ2) is 6.16. The lowest BCUT2D eigenvalue weighted by molar-refractivity contribution is -0.137. The molecule has 0 aliphatic rings. The second-order valence-electron chi connectivity index (χ2n) is 3.75. The molecule has 0 saturated heterocycles. The first-order valence-electron chi connectivity index (χ1n) is 5.59. The van der Waals surface area contributed by atoms with E-state index in [0.717, 1.165) is 17.0 Å². The number of aromatic nitrogens is 1. The average molecular weight is 263 g/mol. The van der Waals surface area contributed by atoms with E-state index in [1.807, 2.05) is 29.6 Å². The minimum atomic E-state index is -0.796. The Labute approximate surface area is 109 Å². The Bertz CT molecular complexity index is 511. The summed E-state index contributed by atoms with van der Waals surface area (Å²) in [5, 5.41) is 10.5. The number of nitrogens with zero attached hydrogens (tertiary/aromatic N) is 1. The molecule has 18 heavy (non-hydrogen) atoms. The summed E-state index contributed by atoms with van der Waals surface area (Å²) in [5.74, 6) is -0.0549. The first-order chi connectivity index (χ1) is 8.75. The van der Waals surface area contributed by atoms with Gasteiger partial charge in [-0.25, -0.2) is 4.98 Å². The minimum Gasteiger partial charge on any atom is -0.494 e. The molecule has 1 N–H and O–H groups in total. The maximum atomic E-state index is 10.4. The highest BCUT2D eigenvalue weighted by Crippen LogP contribution is 2.23. The van der Waals surface area contributed by atoms with Gasteiger partial charge >= 0.3 is 5.97 Å². The van der Waals surface area contributed by atoms with E-state index in [1.165, 1.54) is 0 Å². The van der Waals surface area contributed by atoms with Crippen LogP contribution in [0.5, 0.6) is 5.75 Å². The number of aliphatic carboxylic acids is 1. The first-order valence-corrected chi connectivity index (χ1v) is 6.53. The normalized spacial score (nSPS) is 10.2. The Kier molecular flexibility index (Phi) is 4.30. The summed E-state index contributed by atoms with van der Waals surface area (Å²) in [7, 11) is 0. The smallest absolute Gasteiger partial charge is 0.303 e. The third kappa shape index (κ3) is 3.56. The Morgan fingerprint density at radius 1 is 1.44 bits per heavy atom. The Hall–Kier alpha value is -1.88. The van der Waals surface area contributed by atoms with Crippen LogP contribution in [0.15, 0.2) is 35.2 Å². The molecule has 1 heterocycles. The van der Waals surface area contributed by atoms with Gasteiger partial charge in [0.2, 0.25) is 0 Å².